The summed E-state index contributed by atoms with van der Waals surface area (Å²) in [5.74, 6) is 1.25. The van der Waals surface area contributed by atoms with Crippen molar-refractivity contribution < 1.29 is 24.3 Å². The molecule has 4 rings (SSSR count). The van der Waals surface area contributed by atoms with Crippen LogP contribution in [0.25, 0.3) is 17.2 Å². The van der Waals surface area contributed by atoms with E-state index in [1.807, 2.05) is 51.1 Å². The van der Waals surface area contributed by atoms with Gasteiger partial charge in [0.05, 0.1) is 10.8 Å². The molecule has 2 aromatic carbocycles. The van der Waals surface area contributed by atoms with Crippen LogP contribution in [0.1, 0.15) is 49.3 Å². The summed E-state index contributed by atoms with van der Waals surface area (Å²) < 4.78 is 12.8. The Balaban J connectivity index is 1.73. The van der Waals surface area contributed by atoms with Crippen molar-refractivity contribution in [3.05, 3.63) is 70.4 Å². The first kappa shape index (κ1) is 20.0. The average molecular weight is 407 g/mol. The first-order chi connectivity index (χ1) is 14.4. The minimum absolute atomic E-state index is 0.312. The summed E-state index contributed by atoms with van der Waals surface area (Å²) in [7, 11) is 0. The Bertz CT molecular complexity index is 1170. The quantitative estimate of drug-likeness (QED) is 0.435. The second-order valence-electron chi connectivity index (χ2n) is 7.65. The first-order valence-corrected chi connectivity index (χ1v) is 10.3. The molecule has 2 heterocycles. The van der Waals surface area contributed by atoms with Crippen LogP contribution in [-0.4, -0.2) is 10.4 Å². The highest BCUT2D eigenvalue weighted by Crippen LogP contribution is 2.38. The third-order valence-corrected chi connectivity index (χ3v) is 5.41. The van der Waals surface area contributed by atoms with E-state index in [2.05, 4.69) is 6.92 Å². The molecular formula is C24H27N2O4+. The minimum Gasteiger partial charge on any atom is -0.436 e. The van der Waals surface area contributed by atoms with Crippen molar-refractivity contribution in [2.75, 3.05) is 5.06 Å². The van der Waals surface area contributed by atoms with Crippen molar-refractivity contribution in [1.29, 1.82) is 0 Å². The lowest BCUT2D eigenvalue weighted by Crippen LogP contribution is -2.32. The Morgan fingerprint density at radius 3 is 2.70 bits per heavy atom. The van der Waals surface area contributed by atoms with Gasteiger partial charge in [-0.25, -0.2) is 0 Å². The standard InChI is InChI=1S/C24H27N2O4/c1-5-7-18-16(4)9-11-21-24(18)26(28)23(30-21)14-17(6-2)13-22-25(27)19-12-15(3)8-10-20(19)29-22/h8-14,27-28H,5-7H2,1-4H3/q+1. The van der Waals surface area contributed by atoms with Crippen LogP contribution in [0.4, 0.5) is 5.69 Å². The van der Waals surface area contributed by atoms with Crippen LogP contribution < -0.4 is 14.5 Å². The Kier molecular flexibility index (Phi) is 5.26. The number of hydroxylamine groups is 1. The van der Waals surface area contributed by atoms with Crippen molar-refractivity contribution >= 4 is 22.9 Å². The number of nitrogens with zero attached hydrogens (tertiary/aromatic N) is 2. The lowest BCUT2D eigenvalue weighted by Gasteiger charge is -2.09. The van der Waals surface area contributed by atoms with Crippen LogP contribution in [0.3, 0.4) is 0 Å². The van der Waals surface area contributed by atoms with E-state index in [-0.39, 0.29) is 0 Å². The van der Waals surface area contributed by atoms with E-state index in [1.165, 1.54) is 0 Å². The highest BCUT2D eigenvalue weighted by atomic mass is 16.6. The third-order valence-electron chi connectivity index (χ3n) is 5.41. The maximum absolute atomic E-state index is 10.8. The van der Waals surface area contributed by atoms with Gasteiger partial charge in [0.2, 0.25) is 11.5 Å². The van der Waals surface area contributed by atoms with Crippen molar-refractivity contribution in [2.24, 2.45) is 0 Å². The predicted molar refractivity (Wildman–Crippen MR) is 115 cm³/mol. The van der Waals surface area contributed by atoms with Gasteiger partial charge in [0.15, 0.2) is 5.75 Å². The minimum atomic E-state index is 0.312. The molecule has 2 N–H and O–H groups in total. The molecule has 30 heavy (non-hydrogen) atoms. The van der Waals surface area contributed by atoms with Gasteiger partial charge < -0.3 is 9.15 Å². The van der Waals surface area contributed by atoms with Crippen LogP contribution in [-0.2, 0) is 6.42 Å². The van der Waals surface area contributed by atoms with Crippen molar-refractivity contribution in [3.8, 4) is 5.75 Å². The second-order valence-corrected chi connectivity index (χ2v) is 7.65. The van der Waals surface area contributed by atoms with E-state index in [1.54, 1.807) is 12.2 Å². The number of aromatic nitrogens is 1. The number of aryl methyl sites for hydroxylation is 3. The van der Waals surface area contributed by atoms with Crippen LogP contribution in [0.2, 0.25) is 0 Å². The molecule has 6 heteroatoms. The molecule has 0 spiro atoms. The van der Waals surface area contributed by atoms with E-state index >= 15 is 0 Å². The maximum atomic E-state index is 10.8. The number of ether oxygens (including phenoxy) is 1. The molecule has 0 unspecified atom stereocenters. The molecule has 0 bridgehead atoms. The SMILES string of the molecule is CCCc1c(C)ccc2oc(C=C(C=C3Oc4ccc(C)cc4N3O)CC)[n+](O)c12. The predicted octanol–water partition coefficient (Wildman–Crippen LogP) is 5.45. The van der Waals surface area contributed by atoms with E-state index in [4.69, 9.17) is 9.15 Å². The number of benzene rings is 2. The fourth-order valence-electron chi connectivity index (χ4n) is 3.76. The molecule has 0 saturated heterocycles. The summed E-state index contributed by atoms with van der Waals surface area (Å²) in [6, 6.07) is 9.53. The van der Waals surface area contributed by atoms with Gasteiger partial charge in [-0.2, -0.15) is 5.06 Å². The molecule has 156 valence electrons. The summed E-state index contributed by atoms with van der Waals surface area (Å²) in [5.41, 5.74) is 6.04. The Morgan fingerprint density at radius 1 is 1.17 bits per heavy atom. The fraction of sp³-hybridized carbons (Fsp3) is 0.292. The van der Waals surface area contributed by atoms with Crippen molar-refractivity contribution in [1.82, 2.24) is 0 Å². The zero-order valence-corrected chi connectivity index (χ0v) is 17.8. The molecule has 0 amide bonds. The monoisotopic (exact) mass is 407 g/mol. The van der Waals surface area contributed by atoms with Gasteiger partial charge in [-0.15, -0.1) is 0 Å². The van der Waals surface area contributed by atoms with E-state index < -0.39 is 0 Å². The number of rotatable bonds is 5. The summed E-state index contributed by atoms with van der Waals surface area (Å²) in [5, 5.41) is 22.4. The normalized spacial score (nSPS) is 15.2. The summed E-state index contributed by atoms with van der Waals surface area (Å²) in [4.78, 5) is 0. The van der Waals surface area contributed by atoms with Gasteiger partial charge in [0, 0.05) is 11.6 Å². The van der Waals surface area contributed by atoms with Gasteiger partial charge in [-0.3, -0.25) is 10.4 Å². The molecule has 0 saturated carbocycles. The molecule has 0 fully saturated rings. The largest absolute Gasteiger partial charge is 0.436 e. The lowest BCUT2D eigenvalue weighted by molar-refractivity contribution is -0.889. The van der Waals surface area contributed by atoms with Gasteiger partial charge >= 0.3 is 11.4 Å². The molecule has 0 atom stereocenters. The van der Waals surface area contributed by atoms with Crippen LogP contribution in [0, 0.1) is 13.8 Å². The van der Waals surface area contributed by atoms with Crippen LogP contribution in [0.5, 0.6) is 5.75 Å². The molecule has 1 aliphatic rings. The Hall–Kier alpha value is -3.25. The third kappa shape index (κ3) is 3.44. The summed E-state index contributed by atoms with van der Waals surface area (Å²) in [6.07, 6.45) is 6.02. The average Bonchev–Trinajstić information content (AvgIpc) is 3.21. The van der Waals surface area contributed by atoms with E-state index in [9.17, 15) is 10.4 Å². The van der Waals surface area contributed by atoms with Gasteiger partial charge in [-0.05, 0) is 61.6 Å². The van der Waals surface area contributed by atoms with Gasteiger partial charge in [-0.1, -0.05) is 32.4 Å². The first-order valence-electron chi connectivity index (χ1n) is 10.3. The highest BCUT2D eigenvalue weighted by Gasteiger charge is 2.28. The highest BCUT2D eigenvalue weighted by molar-refractivity contribution is 5.75. The van der Waals surface area contributed by atoms with Crippen molar-refractivity contribution in [3.63, 3.8) is 0 Å². The zero-order valence-electron chi connectivity index (χ0n) is 17.8. The zero-order chi connectivity index (χ0) is 21.4. The fourth-order valence-corrected chi connectivity index (χ4v) is 3.76. The Morgan fingerprint density at radius 2 is 1.97 bits per heavy atom. The molecule has 0 aliphatic carbocycles. The van der Waals surface area contributed by atoms with Gasteiger partial charge in [0.1, 0.15) is 5.69 Å². The molecular weight excluding hydrogens is 380 g/mol. The molecule has 6 nitrogen and oxygen atoms in total. The molecule has 0 radical (unpaired) electrons. The molecule has 3 aromatic rings. The maximum Gasteiger partial charge on any atom is 0.423 e. The topological polar surface area (TPSA) is 70.0 Å². The van der Waals surface area contributed by atoms with Crippen molar-refractivity contribution in [2.45, 2.75) is 47.0 Å². The molecule has 1 aromatic heterocycles. The second kappa shape index (κ2) is 7.88. The number of allylic oxidation sites excluding steroid dienone is 2. The number of hydrogen-bond acceptors (Lipinski definition) is 5. The van der Waals surface area contributed by atoms with Crippen LogP contribution >= 0.6 is 0 Å². The van der Waals surface area contributed by atoms with E-state index in [0.29, 0.717) is 40.7 Å². The van der Waals surface area contributed by atoms with Gasteiger partial charge in [0.25, 0.3) is 0 Å². The Labute approximate surface area is 175 Å². The number of hydrogen-bond donors (Lipinski definition) is 2. The lowest BCUT2D eigenvalue weighted by atomic mass is 10.0. The smallest absolute Gasteiger partial charge is 0.423 e. The number of fused-ring (bicyclic) bond motifs is 2. The molecule has 1 aliphatic heterocycles. The van der Waals surface area contributed by atoms with Crippen LogP contribution in [0.15, 0.2) is 52.3 Å². The number of anilines is 1. The number of oxazole rings is 1. The summed E-state index contributed by atoms with van der Waals surface area (Å²) in [6.45, 7) is 8.11. The summed E-state index contributed by atoms with van der Waals surface area (Å²) >= 11 is 0. The van der Waals surface area contributed by atoms with E-state index in [0.717, 1.165) is 44.9 Å².